The zero-order valence-corrected chi connectivity index (χ0v) is 10.3. The first-order valence-electron chi connectivity index (χ1n) is 5.89. The van der Waals surface area contributed by atoms with Crippen molar-refractivity contribution in [3.8, 4) is 11.3 Å². The van der Waals surface area contributed by atoms with E-state index in [0.29, 0.717) is 5.82 Å². The smallest absolute Gasteiger partial charge is 0.222 e. The highest BCUT2D eigenvalue weighted by molar-refractivity contribution is 5.87. The van der Waals surface area contributed by atoms with E-state index in [1.54, 1.807) is 12.4 Å². The first-order valence-corrected chi connectivity index (χ1v) is 5.89. The third kappa shape index (κ3) is 2.30. The predicted octanol–water partition coefficient (Wildman–Crippen LogP) is 2.58. The molecule has 5 nitrogen and oxygen atoms in total. The van der Waals surface area contributed by atoms with Crippen molar-refractivity contribution in [3.05, 3.63) is 42.9 Å². The Kier molecular flexibility index (Phi) is 2.72. The molecule has 0 aliphatic heterocycles. The molecule has 0 fully saturated rings. The minimum absolute atomic E-state index is 0.157. The molecule has 0 bridgehead atoms. The molecular formula is C14H12N4O. The molecule has 0 spiro atoms. The van der Waals surface area contributed by atoms with Crippen molar-refractivity contribution in [3.63, 3.8) is 0 Å². The average Bonchev–Trinajstić information content (AvgIpc) is 2.86. The number of anilines is 1. The Morgan fingerprint density at radius 3 is 2.84 bits per heavy atom. The number of nitrogens with zero attached hydrogens (tertiary/aromatic N) is 2. The predicted molar refractivity (Wildman–Crippen MR) is 73.6 cm³/mol. The number of hydrogen-bond acceptors (Lipinski definition) is 3. The van der Waals surface area contributed by atoms with Gasteiger partial charge in [0, 0.05) is 29.6 Å². The van der Waals surface area contributed by atoms with Crippen molar-refractivity contribution in [2.24, 2.45) is 0 Å². The van der Waals surface area contributed by atoms with E-state index in [1.807, 2.05) is 30.5 Å². The van der Waals surface area contributed by atoms with E-state index in [9.17, 15) is 4.79 Å². The maximum Gasteiger partial charge on any atom is 0.222 e. The van der Waals surface area contributed by atoms with Crippen molar-refractivity contribution in [2.75, 3.05) is 5.32 Å². The number of carbonyl (C=O) groups is 1. The number of H-pyrrole nitrogens is 1. The zero-order chi connectivity index (χ0) is 13.2. The molecule has 0 saturated carbocycles. The summed E-state index contributed by atoms with van der Waals surface area (Å²) in [5, 5.41) is 3.72. The first-order chi connectivity index (χ1) is 9.22. The molecule has 3 aromatic rings. The standard InChI is InChI=1S/C14H12N4O/c1-9(19)18-14-8-16-13(7-17-14)10-2-3-12-11(6-10)4-5-15-12/h2-8,15H,1H3,(H,17,18,19). The Balaban J connectivity index is 1.94. The van der Waals surface area contributed by atoms with Gasteiger partial charge in [-0.15, -0.1) is 0 Å². The van der Waals surface area contributed by atoms with Crippen LogP contribution in [0.2, 0.25) is 0 Å². The molecule has 0 saturated heterocycles. The zero-order valence-electron chi connectivity index (χ0n) is 10.3. The van der Waals surface area contributed by atoms with Crippen molar-refractivity contribution in [1.29, 1.82) is 0 Å². The Bertz CT molecular complexity index is 731. The van der Waals surface area contributed by atoms with Gasteiger partial charge in [-0.1, -0.05) is 6.07 Å². The molecule has 0 unspecified atom stereocenters. The monoisotopic (exact) mass is 252 g/mol. The van der Waals surface area contributed by atoms with E-state index in [4.69, 9.17) is 0 Å². The van der Waals surface area contributed by atoms with Crippen LogP contribution >= 0.6 is 0 Å². The Hall–Kier alpha value is -2.69. The summed E-state index contributed by atoms with van der Waals surface area (Å²) in [7, 11) is 0. The second-order valence-electron chi connectivity index (χ2n) is 4.25. The van der Waals surface area contributed by atoms with E-state index >= 15 is 0 Å². The lowest BCUT2D eigenvalue weighted by molar-refractivity contribution is -0.114. The van der Waals surface area contributed by atoms with Gasteiger partial charge in [-0.3, -0.25) is 9.78 Å². The lowest BCUT2D eigenvalue weighted by atomic mass is 10.1. The van der Waals surface area contributed by atoms with Gasteiger partial charge in [0.25, 0.3) is 0 Å². The van der Waals surface area contributed by atoms with Gasteiger partial charge in [0.05, 0.1) is 18.1 Å². The number of fused-ring (bicyclic) bond motifs is 1. The largest absolute Gasteiger partial charge is 0.361 e. The molecule has 0 atom stereocenters. The summed E-state index contributed by atoms with van der Waals surface area (Å²) in [6, 6.07) is 8.06. The van der Waals surface area contributed by atoms with Gasteiger partial charge in [-0.2, -0.15) is 0 Å². The Morgan fingerprint density at radius 2 is 2.11 bits per heavy atom. The molecule has 19 heavy (non-hydrogen) atoms. The lowest BCUT2D eigenvalue weighted by Crippen LogP contribution is -2.07. The van der Waals surface area contributed by atoms with E-state index < -0.39 is 0 Å². The van der Waals surface area contributed by atoms with Crippen molar-refractivity contribution >= 4 is 22.6 Å². The molecule has 3 rings (SSSR count). The molecule has 0 radical (unpaired) electrons. The van der Waals surface area contributed by atoms with Crippen molar-refractivity contribution in [1.82, 2.24) is 15.0 Å². The van der Waals surface area contributed by atoms with Crippen LogP contribution in [0.5, 0.6) is 0 Å². The van der Waals surface area contributed by atoms with Crippen LogP contribution in [0.4, 0.5) is 5.82 Å². The summed E-state index contributed by atoms with van der Waals surface area (Å²) in [6.07, 6.45) is 5.11. The summed E-state index contributed by atoms with van der Waals surface area (Å²) in [5.41, 5.74) is 2.86. The number of aromatic nitrogens is 3. The van der Waals surface area contributed by atoms with Crippen LogP contribution in [-0.2, 0) is 4.79 Å². The summed E-state index contributed by atoms with van der Waals surface area (Å²) < 4.78 is 0. The average molecular weight is 252 g/mol. The Morgan fingerprint density at radius 1 is 1.21 bits per heavy atom. The van der Waals surface area contributed by atoms with Crippen LogP contribution in [0.25, 0.3) is 22.2 Å². The molecule has 2 heterocycles. The second-order valence-corrected chi connectivity index (χ2v) is 4.25. The van der Waals surface area contributed by atoms with E-state index in [-0.39, 0.29) is 5.91 Å². The van der Waals surface area contributed by atoms with Crippen LogP contribution in [0.1, 0.15) is 6.92 Å². The van der Waals surface area contributed by atoms with Gasteiger partial charge >= 0.3 is 0 Å². The van der Waals surface area contributed by atoms with Gasteiger partial charge in [0.15, 0.2) is 5.82 Å². The van der Waals surface area contributed by atoms with Crippen LogP contribution < -0.4 is 5.32 Å². The van der Waals surface area contributed by atoms with Crippen LogP contribution in [0.3, 0.4) is 0 Å². The Labute approximate surface area is 109 Å². The van der Waals surface area contributed by atoms with Crippen molar-refractivity contribution < 1.29 is 4.79 Å². The lowest BCUT2D eigenvalue weighted by Gasteiger charge is -2.03. The van der Waals surface area contributed by atoms with Gasteiger partial charge in [-0.05, 0) is 18.2 Å². The topological polar surface area (TPSA) is 70.7 Å². The van der Waals surface area contributed by atoms with Gasteiger partial charge in [0.1, 0.15) is 0 Å². The number of hydrogen-bond donors (Lipinski definition) is 2. The maximum atomic E-state index is 10.9. The number of aromatic amines is 1. The molecular weight excluding hydrogens is 240 g/mol. The third-order valence-corrected chi connectivity index (χ3v) is 2.81. The molecule has 1 aromatic carbocycles. The van der Waals surface area contributed by atoms with Gasteiger partial charge in [-0.25, -0.2) is 4.98 Å². The van der Waals surface area contributed by atoms with Gasteiger partial charge in [0.2, 0.25) is 5.91 Å². The molecule has 2 aromatic heterocycles. The highest BCUT2D eigenvalue weighted by Gasteiger charge is 2.03. The maximum absolute atomic E-state index is 10.9. The molecule has 94 valence electrons. The fraction of sp³-hybridized carbons (Fsp3) is 0.0714. The van der Waals surface area contributed by atoms with E-state index in [1.165, 1.54) is 6.92 Å². The fourth-order valence-corrected chi connectivity index (χ4v) is 1.93. The van der Waals surface area contributed by atoms with Crippen LogP contribution in [-0.4, -0.2) is 20.9 Å². The molecule has 1 amide bonds. The van der Waals surface area contributed by atoms with Crippen LogP contribution in [0, 0.1) is 0 Å². The number of rotatable bonds is 2. The number of amides is 1. The highest BCUT2D eigenvalue weighted by Crippen LogP contribution is 2.22. The van der Waals surface area contributed by atoms with Crippen molar-refractivity contribution in [2.45, 2.75) is 6.92 Å². The number of carbonyl (C=O) groups excluding carboxylic acids is 1. The highest BCUT2D eigenvalue weighted by atomic mass is 16.1. The number of nitrogens with one attached hydrogen (secondary N) is 2. The van der Waals surface area contributed by atoms with Crippen LogP contribution in [0.15, 0.2) is 42.9 Å². The summed E-state index contributed by atoms with van der Waals surface area (Å²) in [6.45, 7) is 1.44. The molecule has 2 N–H and O–H groups in total. The van der Waals surface area contributed by atoms with E-state index in [2.05, 4.69) is 20.3 Å². The second kappa shape index (κ2) is 4.53. The van der Waals surface area contributed by atoms with Gasteiger partial charge < -0.3 is 10.3 Å². The minimum Gasteiger partial charge on any atom is -0.361 e. The minimum atomic E-state index is -0.157. The summed E-state index contributed by atoms with van der Waals surface area (Å²) >= 11 is 0. The number of benzene rings is 1. The fourth-order valence-electron chi connectivity index (χ4n) is 1.93. The molecule has 0 aliphatic carbocycles. The quantitative estimate of drug-likeness (QED) is 0.736. The summed E-state index contributed by atoms with van der Waals surface area (Å²) in [5.74, 6) is 0.301. The normalized spacial score (nSPS) is 10.6. The van der Waals surface area contributed by atoms with E-state index in [0.717, 1.165) is 22.2 Å². The SMILES string of the molecule is CC(=O)Nc1cnc(-c2ccc3[nH]ccc3c2)cn1. The molecule has 0 aliphatic rings. The molecule has 5 heteroatoms. The third-order valence-electron chi connectivity index (χ3n) is 2.81. The summed E-state index contributed by atoms with van der Waals surface area (Å²) in [4.78, 5) is 22.5. The first kappa shape index (κ1) is 11.4.